The van der Waals surface area contributed by atoms with E-state index in [0.29, 0.717) is 5.56 Å². The Morgan fingerprint density at radius 3 is 2.41 bits per heavy atom. The molecule has 0 amide bonds. The van der Waals surface area contributed by atoms with Crippen molar-refractivity contribution in [3.63, 3.8) is 0 Å². The van der Waals surface area contributed by atoms with E-state index in [4.69, 9.17) is 4.74 Å². The predicted molar refractivity (Wildman–Crippen MR) is 68.1 cm³/mol. The number of hydrogen-bond acceptors (Lipinski definition) is 3. The molecule has 1 N–H and O–H groups in total. The van der Waals surface area contributed by atoms with E-state index in [9.17, 15) is 4.79 Å². The van der Waals surface area contributed by atoms with Crippen molar-refractivity contribution in [2.24, 2.45) is 0 Å². The highest BCUT2D eigenvalue weighted by Crippen LogP contribution is 2.26. The first kappa shape index (κ1) is 11.2. The van der Waals surface area contributed by atoms with Crippen LogP contribution < -0.4 is 10.1 Å². The first-order valence-corrected chi connectivity index (χ1v) is 5.29. The number of carbonyl (C=O) groups excluding carboxylic acids is 1. The van der Waals surface area contributed by atoms with Gasteiger partial charge in [-0.05, 0) is 36.4 Å². The highest BCUT2D eigenvalue weighted by Gasteiger charge is 2.01. The molecule has 0 aliphatic carbocycles. The molecule has 0 aliphatic heterocycles. The molecule has 0 saturated carbocycles. The van der Waals surface area contributed by atoms with Crippen molar-refractivity contribution in [2.45, 2.75) is 0 Å². The molecule has 0 spiro atoms. The van der Waals surface area contributed by atoms with Gasteiger partial charge < -0.3 is 10.1 Å². The molecule has 2 rings (SSSR count). The second kappa shape index (κ2) is 5.16. The molecule has 3 heteroatoms. The molecule has 86 valence electrons. The number of para-hydroxylation sites is 2. The molecule has 0 bridgehead atoms. The maximum Gasteiger partial charge on any atom is 0.150 e. The van der Waals surface area contributed by atoms with Crippen LogP contribution in [-0.2, 0) is 0 Å². The van der Waals surface area contributed by atoms with Crippen LogP contribution in [0.1, 0.15) is 10.4 Å². The third-order valence-electron chi connectivity index (χ3n) is 2.43. The summed E-state index contributed by atoms with van der Waals surface area (Å²) in [6.45, 7) is 0. The number of ether oxygens (including phenoxy) is 1. The van der Waals surface area contributed by atoms with Gasteiger partial charge in [0.05, 0.1) is 12.8 Å². The lowest BCUT2D eigenvalue weighted by Crippen LogP contribution is -1.94. The summed E-state index contributed by atoms with van der Waals surface area (Å²) in [5.74, 6) is 0.784. The average Bonchev–Trinajstić information content (AvgIpc) is 2.40. The molecule has 0 atom stereocenters. The number of hydrogen-bond donors (Lipinski definition) is 1. The molecular weight excluding hydrogens is 214 g/mol. The van der Waals surface area contributed by atoms with Gasteiger partial charge in [-0.3, -0.25) is 4.79 Å². The molecule has 0 saturated heterocycles. The lowest BCUT2D eigenvalue weighted by Gasteiger charge is -2.10. The minimum absolute atomic E-state index is 0.663. The van der Waals surface area contributed by atoms with Gasteiger partial charge in [0.2, 0.25) is 0 Å². The van der Waals surface area contributed by atoms with E-state index < -0.39 is 0 Å². The van der Waals surface area contributed by atoms with Crippen molar-refractivity contribution in [2.75, 3.05) is 12.4 Å². The van der Waals surface area contributed by atoms with Crippen molar-refractivity contribution < 1.29 is 9.53 Å². The molecule has 0 aliphatic rings. The second-order valence-electron chi connectivity index (χ2n) is 3.57. The van der Waals surface area contributed by atoms with Crippen LogP contribution in [0.4, 0.5) is 11.4 Å². The van der Waals surface area contributed by atoms with Gasteiger partial charge >= 0.3 is 0 Å². The Morgan fingerprint density at radius 1 is 1.06 bits per heavy atom. The molecule has 0 aromatic heterocycles. The van der Waals surface area contributed by atoms with Gasteiger partial charge in [0.15, 0.2) is 0 Å². The van der Waals surface area contributed by atoms with E-state index in [-0.39, 0.29) is 0 Å². The van der Waals surface area contributed by atoms with Gasteiger partial charge in [0.1, 0.15) is 12.0 Å². The summed E-state index contributed by atoms with van der Waals surface area (Å²) in [5, 5.41) is 3.23. The topological polar surface area (TPSA) is 38.3 Å². The standard InChI is InChI=1S/C14H13NO2/c1-17-14-5-3-2-4-13(14)15-12-8-6-11(10-16)7-9-12/h2-10,15H,1H3. The van der Waals surface area contributed by atoms with Crippen molar-refractivity contribution in [3.8, 4) is 5.75 Å². The minimum atomic E-state index is 0.663. The van der Waals surface area contributed by atoms with Gasteiger partial charge in [-0.2, -0.15) is 0 Å². The van der Waals surface area contributed by atoms with E-state index in [1.807, 2.05) is 36.4 Å². The Bertz CT molecular complexity index is 506. The third-order valence-corrected chi connectivity index (χ3v) is 2.43. The van der Waals surface area contributed by atoms with Crippen LogP contribution in [0, 0.1) is 0 Å². The van der Waals surface area contributed by atoms with Crippen LogP contribution in [0.25, 0.3) is 0 Å². The van der Waals surface area contributed by atoms with E-state index >= 15 is 0 Å². The number of rotatable bonds is 4. The Hall–Kier alpha value is -2.29. The van der Waals surface area contributed by atoms with Crippen LogP contribution in [0.3, 0.4) is 0 Å². The molecule has 2 aromatic carbocycles. The predicted octanol–water partition coefficient (Wildman–Crippen LogP) is 3.25. The molecule has 0 heterocycles. The number of carbonyl (C=O) groups is 1. The number of benzene rings is 2. The molecule has 0 fully saturated rings. The number of methoxy groups -OCH3 is 1. The summed E-state index contributed by atoms with van der Waals surface area (Å²) < 4.78 is 5.24. The molecule has 17 heavy (non-hydrogen) atoms. The lowest BCUT2D eigenvalue weighted by molar-refractivity contribution is 0.112. The third kappa shape index (κ3) is 2.64. The quantitative estimate of drug-likeness (QED) is 0.815. The van der Waals surface area contributed by atoms with Gasteiger partial charge in [-0.25, -0.2) is 0 Å². The van der Waals surface area contributed by atoms with Crippen LogP contribution in [0.5, 0.6) is 5.75 Å². The van der Waals surface area contributed by atoms with Crippen LogP contribution in [0.2, 0.25) is 0 Å². The van der Waals surface area contributed by atoms with Crippen molar-refractivity contribution >= 4 is 17.7 Å². The average molecular weight is 227 g/mol. The molecule has 3 nitrogen and oxygen atoms in total. The largest absolute Gasteiger partial charge is 0.495 e. The van der Waals surface area contributed by atoms with Gasteiger partial charge in [0.25, 0.3) is 0 Å². The zero-order chi connectivity index (χ0) is 12.1. The highest BCUT2D eigenvalue weighted by molar-refractivity contribution is 5.76. The van der Waals surface area contributed by atoms with Crippen molar-refractivity contribution in [1.29, 1.82) is 0 Å². The smallest absolute Gasteiger partial charge is 0.150 e. The molecular formula is C14H13NO2. The Morgan fingerprint density at radius 2 is 1.76 bits per heavy atom. The first-order chi connectivity index (χ1) is 8.33. The lowest BCUT2D eigenvalue weighted by atomic mass is 10.2. The fourth-order valence-corrected chi connectivity index (χ4v) is 1.55. The molecule has 0 unspecified atom stereocenters. The van der Waals surface area contributed by atoms with Crippen LogP contribution >= 0.6 is 0 Å². The second-order valence-corrected chi connectivity index (χ2v) is 3.57. The summed E-state index contributed by atoms with van der Waals surface area (Å²) in [6.07, 6.45) is 0.826. The first-order valence-electron chi connectivity index (χ1n) is 5.29. The van der Waals surface area contributed by atoms with Gasteiger partial charge in [0, 0.05) is 11.3 Å². The zero-order valence-electron chi connectivity index (χ0n) is 9.51. The van der Waals surface area contributed by atoms with Gasteiger partial charge in [-0.1, -0.05) is 12.1 Å². The van der Waals surface area contributed by atoms with Crippen molar-refractivity contribution in [1.82, 2.24) is 0 Å². The number of anilines is 2. The number of aldehydes is 1. The summed E-state index contributed by atoms with van der Waals surface area (Å²) in [7, 11) is 1.63. The summed E-state index contributed by atoms with van der Waals surface area (Å²) in [4.78, 5) is 10.5. The fourth-order valence-electron chi connectivity index (χ4n) is 1.55. The summed E-state index contributed by atoms with van der Waals surface area (Å²) in [6, 6.07) is 14.9. The maximum atomic E-state index is 10.5. The Labute approximate surface area is 100 Å². The highest BCUT2D eigenvalue weighted by atomic mass is 16.5. The van der Waals surface area contributed by atoms with E-state index in [1.165, 1.54) is 0 Å². The summed E-state index contributed by atoms with van der Waals surface area (Å²) >= 11 is 0. The van der Waals surface area contributed by atoms with E-state index in [0.717, 1.165) is 23.4 Å². The van der Waals surface area contributed by atoms with Crippen LogP contribution in [-0.4, -0.2) is 13.4 Å². The minimum Gasteiger partial charge on any atom is -0.495 e. The normalized spacial score (nSPS) is 9.71. The zero-order valence-corrected chi connectivity index (χ0v) is 9.51. The fraction of sp³-hybridized carbons (Fsp3) is 0.0714. The Balaban J connectivity index is 2.21. The SMILES string of the molecule is COc1ccccc1Nc1ccc(C=O)cc1. The van der Waals surface area contributed by atoms with Crippen molar-refractivity contribution in [3.05, 3.63) is 54.1 Å². The monoisotopic (exact) mass is 227 g/mol. The maximum absolute atomic E-state index is 10.5. The Kier molecular flexibility index (Phi) is 3.40. The van der Waals surface area contributed by atoms with Gasteiger partial charge in [-0.15, -0.1) is 0 Å². The number of nitrogens with one attached hydrogen (secondary N) is 1. The van der Waals surface area contributed by atoms with E-state index in [1.54, 1.807) is 19.2 Å². The molecule has 2 aromatic rings. The molecule has 0 radical (unpaired) electrons. The van der Waals surface area contributed by atoms with Crippen LogP contribution in [0.15, 0.2) is 48.5 Å². The summed E-state index contributed by atoms with van der Waals surface area (Å²) in [5.41, 5.74) is 2.48. The van der Waals surface area contributed by atoms with E-state index in [2.05, 4.69) is 5.32 Å².